The predicted octanol–water partition coefficient (Wildman–Crippen LogP) is 1.74. The second-order valence-electron chi connectivity index (χ2n) is 4.92. The number of likely N-dealkylation sites (N-methyl/N-ethyl adjacent to an activating group) is 1. The Morgan fingerprint density at radius 3 is 2.59 bits per heavy atom. The quantitative estimate of drug-likeness (QED) is 0.866. The summed E-state index contributed by atoms with van der Waals surface area (Å²) in [5, 5.41) is 2.88. The average molecular weight is 238 g/mol. The maximum Gasteiger partial charge on any atom is 0.234 e. The standard InChI is InChI=1S/C13H19FN2O/c1-13(2,15-12(17)9-16(3)4)10-6-5-7-11(14)8-10/h5-8H,9H2,1-4H3,(H,15,17). The minimum atomic E-state index is -0.574. The topological polar surface area (TPSA) is 32.3 Å². The number of nitrogens with one attached hydrogen (secondary N) is 1. The summed E-state index contributed by atoms with van der Waals surface area (Å²) in [6, 6.07) is 6.28. The molecule has 0 unspecified atom stereocenters. The molecule has 4 heteroatoms. The molecule has 0 radical (unpaired) electrons. The third-order valence-corrected chi connectivity index (χ3v) is 2.46. The minimum Gasteiger partial charge on any atom is -0.346 e. The molecule has 94 valence electrons. The smallest absolute Gasteiger partial charge is 0.234 e. The first-order valence-electron chi connectivity index (χ1n) is 5.53. The van der Waals surface area contributed by atoms with Gasteiger partial charge in [0, 0.05) is 0 Å². The molecule has 0 spiro atoms. The van der Waals surface area contributed by atoms with E-state index in [0.717, 1.165) is 5.56 Å². The van der Waals surface area contributed by atoms with Gasteiger partial charge in [-0.1, -0.05) is 12.1 Å². The van der Waals surface area contributed by atoms with Gasteiger partial charge >= 0.3 is 0 Å². The number of halogens is 1. The molecule has 0 bridgehead atoms. The van der Waals surface area contributed by atoms with Crippen molar-refractivity contribution >= 4 is 5.91 Å². The van der Waals surface area contributed by atoms with Gasteiger partial charge in [-0.05, 0) is 45.6 Å². The van der Waals surface area contributed by atoms with Gasteiger partial charge in [-0.2, -0.15) is 0 Å². The van der Waals surface area contributed by atoms with Crippen LogP contribution >= 0.6 is 0 Å². The lowest BCUT2D eigenvalue weighted by Gasteiger charge is -2.27. The van der Waals surface area contributed by atoms with E-state index in [9.17, 15) is 9.18 Å². The van der Waals surface area contributed by atoms with E-state index in [4.69, 9.17) is 0 Å². The Hall–Kier alpha value is -1.42. The largest absolute Gasteiger partial charge is 0.346 e. The third-order valence-electron chi connectivity index (χ3n) is 2.46. The van der Waals surface area contributed by atoms with Gasteiger partial charge in [0.2, 0.25) is 5.91 Å². The van der Waals surface area contributed by atoms with E-state index in [1.807, 2.05) is 27.9 Å². The highest BCUT2D eigenvalue weighted by Gasteiger charge is 2.23. The van der Waals surface area contributed by atoms with Gasteiger partial charge in [-0.25, -0.2) is 4.39 Å². The van der Waals surface area contributed by atoms with E-state index in [1.54, 1.807) is 17.0 Å². The van der Waals surface area contributed by atoms with Crippen LogP contribution in [0.3, 0.4) is 0 Å². The molecule has 0 atom stereocenters. The van der Waals surface area contributed by atoms with Crippen LogP contribution in [0.15, 0.2) is 24.3 Å². The van der Waals surface area contributed by atoms with Gasteiger partial charge in [-0.15, -0.1) is 0 Å². The number of carbonyl (C=O) groups excluding carboxylic acids is 1. The van der Waals surface area contributed by atoms with Crippen LogP contribution in [0, 0.1) is 5.82 Å². The molecule has 0 aliphatic heterocycles. The lowest BCUT2D eigenvalue weighted by molar-refractivity contribution is -0.123. The van der Waals surface area contributed by atoms with Crippen molar-refractivity contribution in [2.24, 2.45) is 0 Å². The fourth-order valence-corrected chi connectivity index (χ4v) is 1.62. The summed E-state index contributed by atoms with van der Waals surface area (Å²) in [6.45, 7) is 4.03. The first-order chi connectivity index (χ1) is 7.81. The molecule has 0 fully saturated rings. The first-order valence-corrected chi connectivity index (χ1v) is 5.53. The Morgan fingerprint density at radius 1 is 1.41 bits per heavy atom. The molecular weight excluding hydrogens is 219 g/mol. The zero-order valence-electron chi connectivity index (χ0n) is 10.7. The van der Waals surface area contributed by atoms with Crippen molar-refractivity contribution in [3.63, 3.8) is 0 Å². The lowest BCUT2D eigenvalue weighted by Crippen LogP contribution is -2.44. The van der Waals surface area contributed by atoms with Gasteiger partial charge in [0.1, 0.15) is 5.82 Å². The number of rotatable bonds is 4. The molecule has 1 N–H and O–H groups in total. The van der Waals surface area contributed by atoms with Crippen LogP contribution in [-0.4, -0.2) is 31.4 Å². The number of amides is 1. The fraction of sp³-hybridized carbons (Fsp3) is 0.462. The zero-order chi connectivity index (χ0) is 13.1. The Labute approximate surface area is 102 Å². The summed E-state index contributed by atoms with van der Waals surface area (Å²) in [6.07, 6.45) is 0. The van der Waals surface area contributed by atoms with E-state index in [2.05, 4.69) is 5.32 Å². The summed E-state index contributed by atoms with van der Waals surface area (Å²) in [5.41, 5.74) is 0.180. The number of hydrogen-bond acceptors (Lipinski definition) is 2. The van der Waals surface area contributed by atoms with Crippen LogP contribution in [0.25, 0.3) is 0 Å². The SMILES string of the molecule is CN(C)CC(=O)NC(C)(C)c1cccc(F)c1. The van der Waals surface area contributed by atoms with Crippen LogP contribution in [0.5, 0.6) is 0 Å². The van der Waals surface area contributed by atoms with Crippen molar-refractivity contribution in [3.05, 3.63) is 35.6 Å². The van der Waals surface area contributed by atoms with Gasteiger partial charge in [0.05, 0.1) is 12.1 Å². The summed E-state index contributed by atoms with van der Waals surface area (Å²) in [5.74, 6) is -0.373. The van der Waals surface area contributed by atoms with Crippen LogP contribution in [-0.2, 0) is 10.3 Å². The van der Waals surface area contributed by atoms with Gasteiger partial charge in [0.15, 0.2) is 0 Å². The van der Waals surface area contributed by atoms with Crippen molar-refractivity contribution in [1.82, 2.24) is 10.2 Å². The number of carbonyl (C=O) groups is 1. The Morgan fingerprint density at radius 2 is 2.06 bits per heavy atom. The lowest BCUT2D eigenvalue weighted by atomic mass is 9.94. The zero-order valence-corrected chi connectivity index (χ0v) is 10.7. The van der Waals surface area contributed by atoms with E-state index in [1.165, 1.54) is 12.1 Å². The maximum absolute atomic E-state index is 13.1. The molecule has 3 nitrogen and oxygen atoms in total. The molecule has 0 aromatic heterocycles. The molecule has 0 heterocycles. The summed E-state index contributed by atoms with van der Waals surface area (Å²) in [7, 11) is 3.66. The van der Waals surface area contributed by atoms with Crippen LogP contribution in [0.4, 0.5) is 4.39 Å². The second-order valence-corrected chi connectivity index (χ2v) is 4.92. The molecular formula is C13H19FN2O. The summed E-state index contributed by atoms with van der Waals surface area (Å²) < 4.78 is 13.1. The molecule has 0 aliphatic carbocycles. The van der Waals surface area contributed by atoms with Gasteiger partial charge in [-0.3, -0.25) is 4.79 Å². The van der Waals surface area contributed by atoms with E-state index in [-0.39, 0.29) is 11.7 Å². The summed E-state index contributed by atoms with van der Waals surface area (Å²) >= 11 is 0. The number of nitrogens with zero attached hydrogens (tertiary/aromatic N) is 1. The van der Waals surface area contributed by atoms with Gasteiger partial charge in [0.25, 0.3) is 0 Å². The fourth-order valence-electron chi connectivity index (χ4n) is 1.62. The minimum absolute atomic E-state index is 0.0794. The first kappa shape index (κ1) is 13.6. The molecule has 17 heavy (non-hydrogen) atoms. The summed E-state index contributed by atoms with van der Waals surface area (Å²) in [4.78, 5) is 13.5. The number of benzene rings is 1. The Kier molecular flexibility index (Phi) is 4.23. The van der Waals surface area contributed by atoms with E-state index in [0.29, 0.717) is 6.54 Å². The highest BCUT2D eigenvalue weighted by molar-refractivity contribution is 5.78. The van der Waals surface area contributed by atoms with Crippen molar-refractivity contribution < 1.29 is 9.18 Å². The second kappa shape index (κ2) is 5.27. The van der Waals surface area contributed by atoms with E-state index < -0.39 is 5.54 Å². The van der Waals surface area contributed by atoms with Crippen LogP contribution in [0.1, 0.15) is 19.4 Å². The molecule has 0 saturated heterocycles. The molecule has 0 aliphatic rings. The van der Waals surface area contributed by atoms with Crippen molar-refractivity contribution in [2.45, 2.75) is 19.4 Å². The normalized spacial score (nSPS) is 11.6. The average Bonchev–Trinajstić information content (AvgIpc) is 2.15. The third kappa shape index (κ3) is 4.15. The Balaban J connectivity index is 2.78. The van der Waals surface area contributed by atoms with Crippen molar-refractivity contribution in [1.29, 1.82) is 0 Å². The molecule has 1 aromatic rings. The van der Waals surface area contributed by atoms with Crippen LogP contribution < -0.4 is 5.32 Å². The molecule has 1 amide bonds. The van der Waals surface area contributed by atoms with Crippen molar-refractivity contribution in [3.8, 4) is 0 Å². The van der Waals surface area contributed by atoms with E-state index >= 15 is 0 Å². The molecule has 1 rings (SSSR count). The highest BCUT2D eigenvalue weighted by Crippen LogP contribution is 2.20. The Bertz CT molecular complexity index is 402. The highest BCUT2D eigenvalue weighted by atomic mass is 19.1. The van der Waals surface area contributed by atoms with Gasteiger partial charge < -0.3 is 10.2 Å². The molecule has 1 aromatic carbocycles. The monoisotopic (exact) mass is 238 g/mol. The maximum atomic E-state index is 13.1. The molecule has 0 saturated carbocycles. The number of hydrogen-bond donors (Lipinski definition) is 1. The van der Waals surface area contributed by atoms with Crippen LogP contribution in [0.2, 0.25) is 0 Å². The van der Waals surface area contributed by atoms with Crippen molar-refractivity contribution in [2.75, 3.05) is 20.6 Å². The predicted molar refractivity (Wildman–Crippen MR) is 66.1 cm³/mol.